The number of carbonyl (C=O) groups excluding carboxylic acids is 2. The number of halogens is 1. The van der Waals surface area contributed by atoms with Crippen molar-refractivity contribution >= 4 is 23.1 Å². The number of para-hydroxylation sites is 1. The molecule has 0 spiro atoms. The lowest BCUT2D eigenvalue weighted by molar-refractivity contribution is -0.118. The number of methoxy groups -OCH3 is 1. The Morgan fingerprint density at radius 2 is 1.90 bits per heavy atom. The van der Waals surface area contributed by atoms with Gasteiger partial charge in [-0.3, -0.25) is 14.5 Å². The minimum atomic E-state index is -1.22. The Bertz CT molecular complexity index is 2040. The van der Waals surface area contributed by atoms with Crippen LogP contribution in [0.25, 0.3) is 11.3 Å². The van der Waals surface area contributed by atoms with E-state index in [2.05, 4.69) is 22.5 Å². The molecule has 0 bridgehead atoms. The average molecular weight is 662 g/mol. The van der Waals surface area contributed by atoms with E-state index in [-0.39, 0.29) is 58.5 Å². The van der Waals surface area contributed by atoms with Gasteiger partial charge in [-0.05, 0) is 78.8 Å². The molecule has 0 radical (unpaired) electrons. The molecule has 0 saturated carbocycles. The highest BCUT2D eigenvalue weighted by Crippen LogP contribution is 2.51. The Balaban J connectivity index is 1.39. The molecule has 2 aliphatic carbocycles. The quantitative estimate of drug-likeness (QED) is 0.190. The number of allylic oxidation sites excluding steroid dienone is 3. The number of Topliss-reactive ketones (excluding diaryl/α,β-unsaturated/α-hetero) is 1. The number of phenols is 1. The molecule has 1 aliphatic heterocycles. The largest absolute Gasteiger partial charge is 0.506 e. The summed E-state index contributed by atoms with van der Waals surface area (Å²) >= 11 is 0. The van der Waals surface area contributed by atoms with Gasteiger partial charge in [0.15, 0.2) is 23.6 Å². The number of aromatic hydroxyl groups is 1. The number of hydrogen-bond donors (Lipinski definition) is 2. The molecular weight excluding hydrogens is 625 g/mol. The Hall–Kier alpha value is -5.64. The van der Waals surface area contributed by atoms with Crippen LogP contribution in [-0.2, 0) is 4.79 Å². The second kappa shape index (κ2) is 12.8. The molecule has 1 amide bonds. The number of hydrogen-bond acceptors (Lipinski definition) is 8. The van der Waals surface area contributed by atoms with E-state index in [0.717, 1.165) is 18.4 Å². The van der Waals surface area contributed by atoms with Crippen molar-refractivity contribution in [3.8, 4) is 28.6 Å². The second-order valence-electron chi connectivity index (χ2n) is 13.2. The van der Waals surface area contributed by atoms with Crippen molar-refractivity contribution < 1.29 is 33.0 Å². The summed E-state index contributed by atoms with van der Waals surface area (Å²) in [6.45, 7) is 4.24. The minimum absolute atomic E-state index is 0.0497. The van der Waals surface area contributed by atoms with Gasteiger partial charge in [0.25, 0.3) is 5.91 Å². The Kier molecular flexibility index (Phi) is 8.32. The summed E-state index contributed by atoms with van der Waals surface area (Å²) in [6.07, 6.45) is 9.84. The molecule has 0 saturated heterocycles. The Labute approximate surface area is 283 Å². The van der Waals surface area contributed by atoms with Crippen LogP contribution in [0.15, 0.2) is 107 Å². The van der Waals surface area contributed by atoms with Crippen LogP contribution in [-0.4, -0.2) is 35.5 Å². The smallest absolute Gasteiger partial charge is 0.281 e. The fraction of sp³-hybridized carbons (Fsp3) is 0.256. The molecule has 49 heavy (non-hydrogen) atoms. The molecule has 250 valence electrons. The van der Waals surface area contributed by atoms with E-state index in [1.54, 1.807) is 55.6 Å². The third-order valence-corrected chi connectivity index (χ3v) is 9.09. The summed E-state index contributed by atoms with van der Waals surface area (Å²) < 4.78 is 33.5. The lowest BCUT2D eigenvalue weighted by atomic mass is 9.73. The first-order valence-corrected chi connectivity index (χ1v) is 16.2. The first kappa shape index (κ1) is 31.9. The number of oxazole rings is 1. The maximum absolute atomic E-state index is 16.5. The predicted molar refractivity (Wildman–Crippen MR) is 183 cm³/mol. The van der Waals surface area contributed by atoms with Gasteiger partial charge in [0.2, 0.25) is 0 Å². The van der Waals surface area contributed by atoms with Gasteiger partial charge in [0, 0.05) is 34.9 Å². The van der Waals surface area contributed by atoms with Crippen molar-refractivity contribution in [2.75, 3.05) is 23.9 Å². The van der Waals surface area contributed by atoms with Crippen LogP contribution in [0.4, 0.5) is 15.8 Å². The van der Waals surface area contributed by atoms with Gasteiger partial charge in [-0.1, -0.05) is 38.1 Å². The summed E-state index contributed by atoms with van der Waals surface area (Å²) in [4.78, 5) is 34.8. The van der Waals surface area contributed by atoms with E-state index in [4.69, 9.17) is 13.9 Å². The standard InChI is InChI=1S/C39H36FN3O6/c1-39(2)19-29-33(32(45)20-39)36(27-17-16-26(18-28(27)40)48-21-23-8-5-4-6-9-23)43(30-10-7-11-31(44)34(30)42-29)38(46)35-37(49-22-41-35)24-12-14-25(47-3)15-13-24/h5,7-18,22,36,42,44H,4,6,19-21H2,1-3H3. The lowest BCUT2D eigenvalue weighted by Crippen LogP contribution is -2.40. The fourth-order valence-corrected chi connectivity index (χ4v) is 6.78. The van der Waals surface area contributed by atoms with Crippen molar-refractivity contribution in [2.45, 2.75) is 45.6 Å². The van der Waals surface area contributed by atoms with E-state index in [1.165, 1.54) is 23.4 Å². The number of rotatable bonds is 7. The van der Waals surface area contributed by atoms with Crippen molar-refractivity contribution in [1.82, 2.24) is 4.98 Å². The predicted octanol–water partition coefficient (Wildman–Crippen LogP) is 8.31. The van der Waals surface area contributed by atoms with Crippen LogP contribution >= 0.6 is 0 Å². The van der Waals surface area contributed by atoms with Crippen molar-refractivity contribution in [3.05, 3.63) is 119 Å². The molecular formula is C39H36FN3O6. The zero-order valence-corrected chi connectivity index (χ0v) is 27.5. The van der Waals surface area contributed by atoms with E-state index in [1.807, 2.05) is 19.9 Å². The van der Waals surface area contributed by atoms with Crippen LogP contribution in [0.2, 0.25) is 0 Å². The van der Waals surface area contributed by atoms with Gasteiger partial charge in [-0.25, -0.2) is 9.37 Å². The molecule has 9 nitrogen and oxygen atoms in total. The van der Waals surface area contributed by atoms with Gasteiger partial charge in [0.05, 0.1) is 18.8 Å². The number of fused-ring (bicyclic) bond motifs is 1. The summed E-state index contributed by atoms with van der Waals surface area (Å²) in [7, 11) is 1.55. The minimum Gasteiger partial charge on any atom is -0.506 e. The number of amides is 1. The Morgan fingerprint density at radius 3 is 2.63 bits per heavy atom. The highest BCUT2D eigenvalue weighted by atomic mass is 19.1. The number of ether oxygens (including phenoxy) is 2. The first-order chi connectivity index (χ1) is 23.6. The molecule has 4 aromatic rings. The topological polar surface area (TPSA) is 114 Å². The highest BCUT2D eigenvalue weighted by molar-refractivity contribution is 6.13. The molecule has 3 aromatic carbocycles. The zero-order valence-electron chi connectivity index (χ0n) is 27.5. The summed E-state index contributed by atoms with van der Waals surface area (Å²) in [5.74, 6) is -0.562. The lowest BCUT2D eigenvalue weighted by Gasteiger charge is -2.37. The number of nitrogens with zero attached hydrogens (tertiary/aromatic N) is 2. The van der Waals surface area contributed by atoms with Gasteiger partial charge >= 0.3 is 0 Å². The average Bonchev–Trinajstić information content (AvgIpc) is 3.53. The summed E-state index contributed by atoms with van der Waals surface area (Å²) in [6, 6.07) is 14.9. The molecule has 1 unspecified atom stereocenters. The van der Waals surface area contributed by atoms with Crippen LogP contribution in [0, 0.1) is 11.2 Å². The number of benzene rings is 3. The molecule has 0 fully saturated rings. The highest BCUT2D eigenvalue weighted by Gasteiger charge is 2.45. The second-order valence-corrected chi connectivity index (χ2v) is 13.2. The molecule has 10 heteroatoms. The molecule has 7 rings (SSSR count). The zero-order chi connectivity index (χ0) is 34.3. The van der Waals surface area contributed by atoms with Crippen LogP contribution < -0.4 is 19.7 Å². The fourth-order valence-electron chi connectivity index (χ4n) is 6.78. The number of ketones is 1. The molecule has 2 N–H and O–H groups in total. The van der Waals surface area contributed by atoms with Crippen molar-refractivity contribution in [2.24, 2.45) is 5.41 Å². The van der Waals surface area contributed by atoms with Crippen LogP contribution in [0.3, 0.4) is 0 Å². The normalized spacial score (nSPS) is 18.2. The van der Waals surface area contributed by atoms with Crippen LogP contribution in [0.1, 0.15) is 61.6 Å². The molecule has 3 aliphatic rings. The summed E-state index contributed by atoms with van der Waals surface area (Å²) in [5.41, 5.74) is 2.39. The number of anilines is 2. The SMILES string of the molecule is COc1ccc(-c2ocnc2C(=O)N2c3cccc(O)c3NC3=C(C(=O)CC(C)(C)C3)C2c2ccc(OCC3=CCCC=C3)cc2F)cc1. The van der Waals surface area contributed by atoms with E-state index < -0.39 is 23.2 Å². The maximum atomic E-state index is 16.5. The van der Waals surface area contributed by atoms with Gasteiger partial charge in [-0.15, -0.1) is 0 Å². The maximum Gasteiger partial charge on any atom is 0.281 e. The van der Waals surface area contributed by atoms with Gasteiger partial charge in [-0.2, -0.15) is 0 Å². The molecule has 1 atom stereocenters. The van der Waals surface area contributed by atoms with Gasteiger partial charge < -0.3 is 24.3 Å². The number of aromatic nitrogens is 1. The van der Waals surface area contributed by atoms with Crippen molar-refractivity contribution in [3.63, 3.8) is 0 Å². The Morgan fingerprint density at radius 1 is 1.10 bits per heavy atom. The number of phenolic OH excluding ortho intramolecular Hbond substituents is 1. The third kappa shape index (κ3) is 6.10. The molecule has 1 aromatic heterocycles. The summed E-state index contributed by atoms with van der Waals surface area (Å²) in [5, 5.41) is 14.4. The number of nitrogens with one attached hydrogen (secondary N) is 1. The number of carbonyl (C=O) groups is 2. The monoisotopic (exact) mass is 661 g/mol. The third-order valence-electron chi connectivity index (χ3n) is 9.09. The first-order valence-electron chi connectivity index (χ1n) is 16.2. The van der Waals surface area contributed by atoms with E-state index >= 15 is 4.39 Å². The van der Waals surface area contributed by atoms with Crippen molar-refractivity contribution in [1.29, 1.82) is 0 Å². The molecule has 2 heterocycles. The van der Waals surface area contributed by atoms with Crippen LogP contribution in [0.5, 0.6) is 17.2 Å². The van der Waals surface area contributed by atoms with E-state index in [9.17, 15) is 14.7 Å². The van der Waals surface area contributed by atoms with Gasteiger partial charge in [0.1, 0.15) is 35.4 Å². The van der Waals surface area contributed by atoms with E-state index in [0.29, 0.717) is 29.2 Å².